The van der Waals surface area contributed by atoms with Crippen molar-refractivity contribution in [3.05, 3.63) is 0 Å². The van der Waals surface area contributed by atoms with Crippen LogP contribution >= 0.6 is 0 Å². The van der Waals surface area contributed by atoms with E-state index < -0.39 is 0 Å². The van der Waals surface area contributed by atoms with E-state index in [1.165, 1.54) is 45.2 Å². The first-order valence-electron chi connectivity index (χ1n) is 8.77. The van der Waals surface area contributed by atoms with Gasteiger partial charge in [0.15, 0.2) is 0 Å². The highest BCUT2D eigenvalue weighted by Gasteiger charge is 2.38. The Morgan fingerprint density at radius 2 is 2.19 bits per heavy atom. The van der Waals surface area contributed by atoms with Crippen LogP contribution in [-0.4, -0.2) is 63.5 Å². The number of piperidine rings is 1. The molecule has 0 aromatic carbocycles. The molecule has 0 spiro atoms. The molecule has 3 unspecified atom stereocenters. The highest BCUT2D eigenvalue weighted by Crippen LogP contribution is 2.32. The summed E-state index contributed by atoms with van der Waals surface area (Å²) in [6.45, 7) is 8.79. The minimum absolute atomic E-state index is 0.319. The number of likely N-dealkylation sites (tertiary alicyclic amines) is 1. The lowest BCUT2D eigenvalue weighted by atomic mass is 9.80. The van der Waals surface area contributed by atoms with Gasteiger partial charge in [-0.1, -0.05) is 6.92 Å². The van der Waals surface area contributed by atoms with E-state index in [9.17, 15) is 0 Å². The Hall–Kier alpha value is -0.160. The summed E-state index contributed by atoms with van der Waals surface area (Å²) >= 11 is 0. The molecule has 3 fully saturated rings. The highest BCUT2D eigenvalue weighted by molar-refractivity contribution is 4.92. The molecule has 1 saturated carbocycles. The predicted molar refractivity (Wildman–Crippen MR) is 84.5 cm³/mol. The average molecular weight is 296 g/mol. The molecule has 0 amide bonds. The Labute approximate surface area is 129 Å². The Morgan fingerprint density at radius 3 is 2.86 bits per heavy atom. The minimum Gasteiger partial charge on any atom is -0.381 e. The van der Waals surface area contributed by atoms with Gasteiger partial charge < -0.3 is 19.7 Å². The molecule has 0 aromatic rings. The first-order valence-corrected chi connectivity index (χ1v) is 8.77. The van der Waals surface area contributed by atoms with Crippen LogP contribution in [-0.2, 0) is 9.47 Å². The van der Waals surface area contributed by atoms with Gasteiger partial charge >= 0.3 is 0 Å². The summed E-state index contributed by atoms with van der Waals surface area (Å²) in [5, 5.41) is 3.75. The van der Waals surface area contributed by atoms with Crippen LogP contribution in [0.1, 0.15) is 39.0 Å². The van der Waals surface area contributed by atoms with E-state index in [1.807, 2.05) is 7.11 Å². The largest absolute Gasteiger partial charge is 0.381 e. The fraction of sp³-hybridized carbons (Fsp3) is 1.00. The number of hydrogen-bond donors (Lipinski definition) is 1. The smallest absolute Gasteiger partial charge is 0.0724 e. The van der Waals surface area contributed by atoms with Crippen LogP contribution in [0.4, 0.5) is 0 Å². The second-order valence-corrected chi connectivity index (χ2v) is 7.59. The third-order valence-electron chi connectivity index (χ3n) is 5.58. The van der Waals surface area contributed by atoms with Gasteiger partial charge in [0, 0.05) is 44.8 Å². The Morgan fingerprint density at radius 1 is 1.33 bits per heavy atom. The van der Waals surface area contributed by atoms with E-state index >= 15 is 0 Å². The maximum absolute atomic E-state index is 5.86. The number of nitrogens with one attached hydrogen (secondary N) is 1. The van der Waals surface area contributed by atoms with Crippen molar-refractivity contribution in [1.82, 2.24) is 10.2 Å². The standard InChI is InChI=1S/C17H32N2O2/c1-14-6-8-19(10-16(14)20-2)12-17(7-3-9-21-13-17)11-18-15-4-5-15/h14-16,18H,3-13H2,1-2H3. The molecule has 0 aromatic heterocycles. The number of hydrogen-bond acceptors (Lipinski definition) is 4. The monoisotopic (exact) mass is 296 g/mol. The van der Waals surface area contributed by atoms with E-state index in [4.69, 9.17) is 9.47 Å². The van der Waals surface area contributed by atoms with Crippen molar-refractivity contribution in [2.24, 2.45) is 11.3 Å². The van der Waals surface area contributed by atoms with Crippen molar-refractivity contribution in [3.63, 3.8) is 0 Å². The van der Waals surface area contributed by atoms with Crippen molar-refractivity contribution in [2.75, 3.05) is 46.5 Å². The van der Waals surface area contributed by atoms with Crippen molar-refractivity contribution in [1.29, 1.82) is 0 Å². The van der Waals surface area contributed by atoms with E-state index in [0.29, 0.717) is 17.4 Å². The fourth-order valence-corrected chi connectivity index (χ4v) is 3.90. The third-order valence-corrected chi connectivity index (χ3v) is 5.58. The lowest BCUT2D eigenvalue weighted by Crippen LogP contribution is -2.53. The van der Waals surface area contributed by atoms with Gasteiger partial charge in [-0.3, -0.25) is 0 Å². The summed E-state index contributed by atoms with van der Waals surface area (Å²) < 4.78 is 11.5. The number of rotatable bonds is 6. The van der Waals surface area contributed by atoms with E-state index in [2.05, 4.69) is 17.1 Å². The molecule has 4 nitrogen and oxygen atoms in total. The molecule has 3 aliphatic rings. The van der Waals surface area contributed by atoms with Crippen molar-refractivity contribution >= 4 is 0 Å². The molecule has 1 aliphatic carbocycles. The van der Waals surface area contributed by atoms with Gasteiger partial charge in [0.05, 0.1) is 12.7 Å². The lowest BCUT2D eigenvalue weighted by molar-refractivity contribution is -0.0549. The first kappa shape index (κ1) is 15.7. The molecule has 2 saturated heterocycles. The molecular weight excluding hydrogens is 264 g/mol. The van der Waals surface area contributed by atoms with Crippen LogP contribution in [0.2, 0.25) is 0 Å². The number of nitrogens with zero attached hydrogens (tertiary/aromatic N) is 1. The van der Waals surface area contributed by atoms with Gasteiger partial charge in [-0.05, 0) is 44.6 Å². The van der Waals surface area contributed by atoms with Gasteiger partial charge in [0.25, 0.3) is 0 Å². The first-order chi connectivity index (χ1) is 10.2. The zero-order valence-corrected chi connectivity index (χ0v) is 13.8. The zero-order chi connectivity index (χ0) is 14.7. The Bertz CT molecular complexity index is 327. The summed E-state index contributed by atoms with van der Waals surface area (Å²) in [6, 6.07) is 0.789. The molecule has 122 valence electrons. The van der Waals surface area contributed by atoms with Gasteiger partial charge in [-0.2, -0.15) is 0 Å². The molecular formula is C17H32N2O2. The van der Waals surface area contributed by atoms with Gasteiger partial charge in [0.2, 0.25) is 0 Å². The second kappa shape index (κ2) is 6.95. The predicted octanol–water partition coefficient (Wildman–Crippen LogP) is 1.89. The molecule has 3 atom stereocenters. The average Bonchev–Trinajstić information content (AvgIpc) is 3.33. The van der Waals surface area contributed by atoms with Crippen molar-refractivity contribution < 1.29 is 9.47 Å². The van der Waals surface area contributed by atoms with Crippen molar-refractivity contribution in [3.8, 4) is 0 Å². The van der Waals surface area contributed by atoms with Gasteiger partial charge in [0.1, 0.15) is 0 Å². The second-order valence-electron chi connectivity index (χ2n) is 7.59. The van der Waals surface area contributed by atoms with E-state index in [1.54, 1.807) is 0 Å². The third kappa shape index (κ3) is 4.19. The fourth-order valence-electron chi connectivity index (χ4n) is 3.90. The van der Waals surface area contributed by atoms with Gasteiger partial charge in [-0.15, -0.1) is 0 Å². The number of methoxy groups -OCH3 is 1. The SMILES string of the molecule is COC1CN(CC2(CNC3CC3)CCCOC2)CCC1C. The topological polar surface area (TPSA) is 33.7 Å². The summed E-state index contributed by atoms with van der Waals surface area (Å²) in [5.74, 6) is 0.689. The van der Waals surface area contributed by atoms with E-state index in [0.717, 1.165) is 32.3 Å². The van der Waals surface area contributed by atoms with E-state index in [-0.39, 0.29) is 0 Å². The summed E-state index contributed by atoms with van der Waals surface area (Å²) in [5.41, 5.74) is 0.319. The van der Waals surface area contributed by atoms with Crippen molar-refractivity contribution in [2.45, 2.75) is 51.2 Å². The molecule has 1 N–H and O–H groups in total. The summed E-state index contributed by atoms with van der Waals surface area (Å²) in [4.78, 5) is 2.62. The van der Waals surface area contributed by atoms with Gasteiger partial charge in [-0.25, -0.2) is 0 Å². The maximum atomic E-state index is 5.86. The molecule has 3 rings (SSSR count). The molecule has 21 heavy (non-hydrogen) atoms. The lowest BCUT2D eigenvalue weighted by Gasteiger charge is -2.44. The molecule has 0 radical (unpaired) electrons. The molecule has 0 bridgehead atoms. The minimum atomic E-state index is 0.319. The zero-order valence-electron chi connectivity index (χ0n) is 13.8. The Balaban J connectivity index is 1.57. The maximum Gasteiger partial charge on any atom is 0.0724 e. The molecule has 2 heterocycles. The summed E-state index contributed by atoms with van der Waals surface area (Å²) in [6.07, 6.45) is 6.90. The van der Waals surface area contributed by atoms with Crippen LogP contribution < -0.4 is 5.32 Å². The summed E-state index contributed by atoms with van der Waals surface area (Å²) in [7, 11) is 1.86. The quantitative estimate of drug-likeness (QED) is 0.811. The molecule has 4 heteroatoms. The highest BCUT2D eigenvalue weighted by atomic mass is 16.5. The molecule has 2 aliphatic heterocycles. The Kier molecular flexibility index (Phi) is 5.20. The van der Waals surface area contributed by atoms with Crippen LogP contribution in [0.3, 0.4) is 0 Å². The number of ether oxygens (including phenoxy) is 2. The van der Waals surface area contributed by atoms with Crippen LogP contribution in [0.15, 0.2) is 0 Å². The van der Waals surface area contributed by atoms with Crippen LogP contribution in [0.25, 0.3) is 0 Å². The van der Waals surface area contributed by atoms with Crippen LogP contribution in [0.5, 0.6) is 0 Å². The van der Waals surface area contributed by atoms with Crippen LogP contribution in [0, 0.1) is 11.3 Å². The normalized spacial score (nSPS) is 38.6.